The highest BCUT2D eigenvalue weighted by Crippen LogP contribution is 2.10. The standard InChI is InChI=1S/C10H20N2O/c1-8(2)11-10-12(9(3)4)6-5-7-13-10/h8-9H,5-7H2,1-4H3. The Hall–Kier alpha value is -0.730. The van der Waals surface area contributed by atoms with Gasteiger partial charge in [0.1, 0.15) is 0 Å². The van der Waals surface area contributed by atoms with Crippen LogP contribution < -0.4 is 0 Å². The molecule has 1 aliphatic heterocycles. The summed E-state index contributed by atoms with van der Waals surface area (Å²) < 4.78 is 5.54. The van der Waals surface area contributed by atoms with Crippen molar-refractivity contribution in [3.63, 3.8) is 0 Å². The average Bonchev–Trinajstić information content (AvgIpc) is 2.03. The Morgan fingerprint density at radius 1 is 1.31 bits per heavy atom. The molecule has 0 atom stereocenters. The maximum absolute atomic E-state index is 5.54. The Morgan fingerprint density at radius 3 is 2.54 bits per heavy atom. The maximum atomic E-state index is 5.54. The van der Waals surface area contributed by atoms with Crippen LogP contribution in [-0.4, -0.2) is 36.2 Å². The predicted molar refractivity (Wildman–Crippen MR) is 55.0 cm³/mol. The topological polar surface area (TPSA) is 24.8 Å². The first kappa shape index (κ1) is 10.4. The van der Waals surface area contributed by atoms with Crippen molar-refractivity contribution in [1.82, 2.24) is 4.90 Å². The molecule has 1 aliphatic rings. The van der Waals surface area contributed by atoms with Crippen LogP contribution in [0.25, 0.3) is 0 Å². The molecule has 0 saturated carbocycles. The molecule has 0 aromatic rings. The minimum Gasteiger partial charge on any atom is -0.465 e. The molecular formula is C10H20N2O. The second kappa shape index (κ2) is 4.49. The van der Waals surface area contributed by atoms with E-state index in [-0.39, 0.29) is 0 Å². The molecule has 3 nitrogen and oxygen atoms in total. The van der Waals surface area contributed by atoms with Crippen molar-refractivity contribution in [2.75, 3.05) is 13.2 Å². The van der Waals surface area contributed by atoms with E-state index in [9.17, 15) is 0 Å². The molecule has 0 aromatic carbocycles. The summed E-state index contributed by atoms with van der Waals surface area (Å²) in [5.41, 5.74) is 0. The van der Waals surface area contributed by atoms with E-state index in [1.807, 2.05) is 0 Å². The minimum absolute atomic E-state index is 0.314. The summed E-state index contributed by atoms with van der Waals surface area (Å²) in [7, 11) is 0. The third kappa shape index (κ3) is 2.90. The molecule has 0 aliphatic carbocycles. The summed E-state index contributed by atoms with van der Waals surface area (Å²) in [6.45, 7) is 10.4. The van der Waals surface area contributed by atoms with Gasteiger partial charge in [-0.05, 0) is 34.1 Å². The molecule has 1 heterocycles. The minimum atomic E-state index is 0.314. The Kier molecular flexibility index (Phi) is 3.58. The average molecular weight is 184 g/mol. The van der Waals surface area contributed by atoms with Gasteiger partial charge in [-0.25, -0.2) is 4.99 Å². The van der Waals surface area contributed by atoms with Gasteiger partial charge in [0, 0.05) is 18.6 Å². The Morgan fingerprint density at radius 2 is 2.00 bits per heavy atom. The molecular weight excluding hydrogens is 164 g/mol. The van der Waals surface area contributed by atoms with Crippen LogP contribution >= 0.6 is 0 Å². The van der Waals surface area contributed by atoms with Gasteiger partial charge >= 0.3 is 0 Å². The van der Waals surface area contributed by atoms with Gasteiger partial charge in [-0.15, -0.1) is 0 Å². The number of hydrogen-bond acceptors (Lipinski definition) is 2. The van der Waals surface area contributed by atoms with Crippen molar-refractivity contribution in [3.8, 4) is 0 Å². The van der Waals surface area contributed by atoms with Gasteiger partial charge < -0.3 is 9.64 Å². The molecule has 0 unspecified atom stereocenters. The fourth-order valence-electron chi connectivity index (χ4n) is 1.39. The highest BCUT2D eigenvalue weighted by molar-refractivity contribution is 5.74. The lowest BCUT2D eigenvalue weighted by Crippen LogP contribution is -2.43. The molecule has 0 radical (unpaired) electrons. The lowest BCUT2D eigenvalue weighted by atomic mass is 10.3. The molecule has 76 valence electrons. The number of aliphatic imine (C=N–C) groups is 1. The van der Waals surface area contributed by atoms with Crippen molar-refractivity contribution in [3.05, 3.63) is 0 Å². The van der Waals surface area contributed by atoms with Crippen LogP contribution in [0.4, 0.5) is 0 Å². The quantitative estimate of drug-likeness (QED) is 0.654. The van der Waals surface area contributed by atoms with Gasteiger partial charge in [0.2, 0.25) is 0 Å². The van der Waals surface area contributed by atoms with Crippen molar-refractivity contribution in [2.24, 2.45) is 4.99 Å². The van der Waals surface area contributed by atoms with Gasteiger partial charge in [0.25, 0.3) is 6.02 Å². The molecule has 0 spiro atoms. The Bertz CT molecular complexity index is 187. The summed E-state index contributed by atoms with van der Waals surface area (Å²) in [5.74, 6) is 0. The molecule has 0 aromatic heterocycles. The van der Waals surface area contributed by atoms with Gasteiger partial charge in [-0.3, -0.25) is 0 Å². The van der Waals surface area contributed by atoms with Crippen molar-refractivity contribution >= 4 is 6.02 Å². The number of ether oxygens (including phenoxy) is 1. The van der Waals surface area contributed by atoms with E-state index in [0.717, 1.165) is 25.6 Å². The second-order valence-corrected chi connectivity index (χ2v) is 3.99. The molecule has 13 heavy (non-hydrogen) atoms. The van der Waals surface area contributed by atoms with Gasteiger partial charge in [0.05, 0.1) is 6.61 Å². The Balaban J connectivity index is 2.67. The van der Waals surface area contributed by atoms with Crippen LogP contribution in [0, 0.1) is 0 Å². The van der Waals surface area contributed by atoms with Crippen molar-refractivity contribution in [2.45, 2.75) is 46.2 Å². The zero-order valence-electron chi connectivity index (χ0n) is 9.08. The van der Waals surface area contributed by atoms with Crippen LogP contribution in [0.2, 0.25) is 0 Å². The monoisotopic (exact) mass is 184 g/mol. The molecule has 1 saturated heterocycles. The highest BCUT2D eigenvalue weighted by atomic mass is 16.5. The van der Waals surface area contributed by atoms with E-state index >= 15 is 0 Å². The molecule has 0 N–H and O–H groups in total. The fraction of sp³-hybridized carbons (Fsp3) is 0.900. The first-order valence-electron chi connectivity index (χ1n) is 5.08. The van der Waals surface area contributed by atoms with E-state index in [1.54, 1.807) is 0 Å². The van der Waals surface area contributed by atoms with Crippen molar-refractivity contribution < 1.29 is 4.74 Å². The highest BCUT2D eigenvalue weighted by Gasteiger charge is 2.20. The van der Waals surface area contributed by atoms with Crippen LogP contribution in [-0.2, 0) is 4.74 Å². The van der Waals surface area contributed by atoms with Gasteiger partial charge in [0.15, 0.2) is 0 Å². The van der Waals surface area contributed by atoms with E-state index < -0.39 is 0 Å². The summed E-state index contributed by atoms with van der Waals surface area (Å²) in [4.78, 5) is 6.69. The van der Waals surface area contributed by atoms with E-state index in [1.165, 1.54) is 0 Å². The van der Waals surface area contributed by atoms with Crippen LogP contribution in [0.3, 0.4) is 0 Å². The van der Waals surface area contributed by atoms with Gasteiger partial charge in [-0.2, -0.15) is 0 Å². The summed E-state index contributed by atoms with van der Waals surface area (Å²) in [5, 5.41) is 0. The number of nitrogens with zero attached hydrogens (tertiary/aromatic N) is 2. The summed E-state index contributed by atoms with van der Waals surface area (Å²) >= 11 is 0. The van der Waals surface area contributed by atoms with Crippen molar-refractivity contribution in [1.29, 1.82) is 0 Å². The second-order valence-electron chi connectivity index (χ2n) is 3.99. The number of hydrogen-bond donors (Lipinski definition) is 0. The largest absolute Gasteiger partial charge is 0.465 e. The van der Waals surface area contributed by atoms with Crippen LogP contribution in [0.5, 0.6) is 0 Å². The van der Waals surface area contributed by atoms with E-state index in [2.05, 4.69) is 37.6 Å². The van der Waals surface area contributed by atoms with E-state index in [0.29, 0.717) is 12.1 Å². The first-order chi connectivity index (χ1) is 6.11. The predicted octanol–water partition coefficient (Wildman–Crippen LogP) is 1.88. The zero-order chi connectivity index (χ0) is 9.84. The molecule has 1 rings (SSSR count). The van der Waals surface area contributed by atoms with Crippen LogP contribution in [0.1, 0.15) is 34.1 Å². The third-order valence-corrected chi connectivity index (χ3v) is 2.01. The smallest absolute Gasteiger partial charge is 0.287 e. The lowest BCUT2D eigenvalue weighted by molar-refractivity contribution is 0.152. The maximum Gasteiger partial charge on any atom is 0.287 e. The zero-order valence-corrected chi connectivity index (χ0v) is 9.08. The molecule has 0 bridgehead atoms. The van der Waals surface area contributed by atoms with E-state index in [4.69, 9.17) is 4.74 Å². The normalized spacial score (nSPS) is 21.4. The SMILES string of the molecule is CC(C)N=C1OCCCN1C(C)C. The fourth-order valence-corrected chi connectivity index (χ4v) is 1.39. The molecule has 1 fully saturated rings. The molecule has 0 amide bonds. The lowest BCUT2D eigenvalue weighted by Gasteiger charge is -2.33. The Labute approximate surface area is 80.8 Å². The third-order valence-electron chi connectivity index (χ3n) is 2.01. The molecule has 3 heteroatoms. The van der Waals surface area contributed by atoms with Gasteiger partial charge in [-0.1, -0.05) is 0 Å². The first-order valence-corrected chi connectivity index (χ1v) is 5.08. The van der Waals surface area contributed by atoms with Crippen LogP contribution in [0.15, 0.2) is 4.99 Å². The summed E-state index contributed by atoms with van der Waals surface area (Å²) in [6.07, 6.45) is 1.11. The number of amidine groups is 1. The number of rotatable bonds is 2. The summed E-state index contributed by atoms with van der Waals surface area (Å²) in [6, 6.07) is 1.63.